The van der Waals surface area contributed by atoms with E-state index in [-0.39, 0.29) is 27.7 Å². The van der Waals surface area contributed by atoms with E-state index in [9.17, 15) is 4.79 Å². The summed E-state index contributed by atoms with van der Waals surface area (Å²) in [6.07, 6.45) is 0. The van der Waals surface area contributed by atoms with E-state index in [4.69, 9.17) is 5.11 Å². The Morgan fingerprint density at radius 3 is 1.62 bits per heavy atom. The molecule has 8 heavy (non-hydrogen) atoms. The van der Waals surface area contributed by atoms with Crippen LogP contribution in [0.25, 0.3) is 0 Å². The summed E-state index contributed by atoms with van der Waals surface area (Å²) in [6, 6.07) is 0. The van der Waals surface area contributed by atoms with E-state index >= 15 is 0 Å². The van der Waals surface area contributed by atoms with Crippen LogP contribution in [0.2, 0.25) is 0 Å². The minimum Gasteiger partial charge on any atom is -0.481 e. The second-order valence-corrected chi connectivity index (χ2v) is 1.49. The normalized spacial score (nSPS) is 6.88. The molecule has 0 saturated carbocycles. The van der Waals surface area contributed by atoms with Gasteiger partial charge in [0.15, 0.2) is 0 Å². The standard InChI is InChI=1S/C4H8O2.Cu.FH/c1-3(2)4(5)6;;/h3H,1-2H3,(H,5,6);;1H. The number of carbonyl (C=O) groups is 1. The SMILES string of the molecule is CC(C)C(=O)O.F.[Cu]. The molecule has 0 aliphatic heterocycles. The minimum absolute atomic E-state index is 0. The van der Waals surface area contributed by atoms with Gasteiger partial charge in [0.05, 0.1) is 5.92 Å². The van der Waals surface area contributed by atoms with Crippen LogP contribution in [0.1, 0.15) is 13.8 Å². The molecule has 0 rings (SSSR count). The number of hydrogen-bond donors (Lipinski definition) is 1. The molecule has 0 saturated heterocycles. The van der Waals surface area contributed by atoms with Gasteiger partial charge in [-0.15, -0.1) is 0 Å². The molecule has 0 aliphatic rings. The molecule has 0 aromatic carbocycles. The van der Waals surface area contributed by atoms with E-state index < -0.39 is 5.97 Å². The van der Waals surface area contributed by atoms with E-state index in [0.29, 0.717) is 0 Å². The molecule has 0 fully saturated rings. The third-order valence-corrected chi connectivity index (χ3v) is 0.494. The molecule has 0 heterocycles. The molecule has 0 spiro atoms. The van der Waals surface area contributed by atoms with Gasteiger partial charge in [0.1, 0.15) is 0 Å². The van der Waals surface area contributed by atoms with E-state index in [0.717, 1.165) is 0 Å². The summed E-state index contributed by atoms with van der Waals surface area (Å²) in [5.41, 5.74) is 0. The zero-order valence-electron chi connectivity index (χ0n) is 4.64. The fraction of sp³-hybridized carbons (Fsp3) is 0.750. The molecule has 0 unspecified atom stereocenters. The largest absolute Gasteiger partial charge is 0.481 e. The van der Waals surface area contributed by atoms with Crippen LogP contribution in [-0.2, 0) is 21.9 Å². The predicted molar refractivity (Wildman–Crippen MR) is 25.0 cm³/mol. The van der Waals surface area contributed by atoms with Gasteiger partial charge in [0.2, 0.25) is 0 Å². The maximum absolute atomic E-state index is 9.70. The van der Waals surface area contributed by atoms with Crippen molar-refractivity contribution in [3.63, 3.8) is 0 Å². The molecule has 0 aliphatic carbocycles. The molecule has 1 radical (unpaired) electrons. The van der Waals surface area contributed by atoms with Gasteiger partial charge in [-0.3, -0.25) is 9.50 Å². The first-order valence-electron chi connectivity index (χ1n) is 1.87. The van der Waals surface area contributed by atoms with Crippen molar-refractivity contribution < 1.29 is 31.7 Å². The molecule has 4 heteroatoms. The zero-order chi connectivity index (χ0) is 5.15. The van der Waals surface area contributed by atoms with Crippen LogP contribution in [0.5, 0.6) is 0 Å². The Morgan fingerprint density at radius 1 is 1.50 bits per heavy atom. The van der Waals surface area contributed by atoms with E-state index in [2.05, 4.69) is 0 Å². The summed E-state index contributed by atoms with van der Waals surface area (Å²) in [5.74, 6) is -0.972. The number of hydrogen-bond acceptors (Lipinski definition) is 1. The Morgan fingerprint density at radius 2 is 1.62 bits per heavy atom. The number of aliphatic carboxylic acids is 1. The number of carboxylic acids is 1. The number of rotatable bonds is 1. The van der Waals surface area contributed by atoms with Crippen molar-refractivity contribution in [2.75, 3.05) is 0 Å². The third-order valence-electron chi connectivity index (χ3n) is 0.494. The van der Waals surface area contributed by atoms with Gasteiger partial charge in [-0.25, -0.2) is 0 Å². The van der Waals surface area contributed by atoms with Crippen molar-refractivity contribution in [1.29, 1.82) is 0 Å². The molecule has 0 amide bonds. The maximum atomic E-state index is 9.70. The van der Waals surface area contributed by atoms with Crippen LogP contribution >= 0.6 is 0 Å². The molecular formula is C4H9CuFO2. The molecule has 2 nitrogen and oxygen atoms in total. The monoisotopic (exact) mass is 171 g/mol. The quantitative estimate of drug-likeness (QED) is 0.595. The summed E-state index contributed by atoms with van der Waals surface area (Å²) in [5, 5.41) is 7.99. The smallest absolute Gasteiger partial charge is 0.305 e. The molecule has 0 bridgehead atoms. The Hall–Kier alpha value is -0.0805. The van der Waals surface area contributed by atoms with Crippen LogP contribution in [0.3, 0.4) is 0 Å². The number of carboxylic acid groups (broad SMARTS) is 1. The van der Waals surface area contributed by atoms with Gasteiger partial charge in [-0.05, 0) is 0 Å². The van der Waals surface area contributed by atoms with Crippen molar-refractivity contribution in [1.82, 2.24) is 0 Å². The molecule has 0 aromatic rings. The average molecular weight is 172 g/mol. The van der Waals surface area contributed by atoms with Crippen molar-refractivity contribution in [2.45, 2.75) is 13.8 Å². The average Bonchev–Trinajstić information content (AvgIpc) is 1.36. The number of halogens is 1. The fourth-order valence-electron chi connectivity index (χ4n) is 0. The van der Waals surface area contributed by atoms with Gasteiger partial charge < -0.3 is 5.11 Å². The first-order valence-corrected chi connectivity index (χ1v) is 1.87. The Kier molecular flexibility index (Phi) is 13.6. The van der Waals surface area contributed by atoms with E-state index in [1.807, 2.05) is 0 Å². The van der Waals surface area contributed by atoms with Crippen molar-refractivity contribution in [3.8, 4) is 0 Å². The Labute approximate surface area is 58.1 Å². The van der Waals surface area contributed by atoms with Crippen LogP contribution in [0.15, 0.2) is 0 Å². The van der Waals surface area contributed by atoms with Crippen LogP contribution < -0.4 is 0 Å². The van der Waals surface area contributed by atoms with Gasteiger partial charge in [0, 0.05) is 17.1 Å². The first-order chi connectivity index (χ1) is 2.64. The fourth-order valence-corrected chi connectivity index (χ4v) is 0. The summed E-state index contributed by atoms with van der Waals surface area (Å²) >= 11 is 0. The minimum atomic E-state index is -0.741. The zero-order valence-corrected chi connectivity index (χ0v) is 5.58. The van der Waals surface area contributed by atoms with E-state index in [1.165, 1.54) is 0 Å². The van der Waals surface area contributed by atoms with Crippen LogP contribution in [0.4, 0.5) is 4.70 Å². The van der Waals surface area contributed by atoms with Crippen molar-refractivity contribution in [3.05, 3.63) is 0 Å². The van der Waals surface area contributed by atoms with Crippen LogP contribution in [0, 0.1) is 5.92 Å². The van der Waals surface area contributed by atoms with Crippen molar-refractivity contribution in [2.24, 2.45) is 5.92 Å². The summed E-state index contributed by atoms with van der Waals surface area (Å²) in [4.78, 5) is 9.70. The maximum Gasteiger partial charge on any atom is 0.305 e. The predicted octanol–water partition coefficient (Wildman–Crippen LogP) is 0.877. The molecule has 1 N–H and O–H groups in total. The second kappa shape index (κ2) is 6.92. The molecule has 0 aromatic heterocycles. The second-order valence-electron chi connectivity index (χ2n) is 1.49. The Balaban J connectivity index is -0.000000125. The Bertz CT molecular complexity index is 65.1. The third kappa shape index (κ3) is 9.33. The van der Waals surface area contributed by atoms with E-state index in [1.54, 1.807) is 13.8 Å². The van der Waals surface area contributed by atoms with Crippen LogP contribution in [-0.4, -0.2) is 11.1 Å². The summed E-state index contributed by atoms with van der Waals surface area (Å²) in [7, 11) is 0. The summed E-state index contributed by atoms with van der Waals surface area (Å²) in [6.45, 7) is 3.28. The van der Waals surface area contributed by atoms with Gasteiger partial charge >= 0.3 is 5.97 Å². The molecule has 0 atom stereocenters. The first kappa shape index (κ1) is 15.7. The molecular weight excluding hydrogens is 163 g/mol. The van der Waals surface area contributed by atoms with Crippen molar-refractivity contribution >= 4 is 5.97 Å². The van der Waals surface area contributed by atoms with Gasteiger partial charge in [-0.2, -0.15) is 0 Å². The summed E-state index contributed by atoms with van der Waals surface area (Å²) < 4.78 is 0. The molecule has 55 valence electrons. The topological polar surface area (TPSA) is 37.3 Å². The van der Waals surface area contributed by atoms with Gasteiger partial charge in [0.25, 0.3) is 0 Å². The van der Waals surface area contributed by atoms with Gasteiger partial charge in [-0.1, -0.05) is 13.8 Å².